The number of H-pyrrole nitrogens is 1. The highest BCUT2D eigenvalue weighted by molar-refractivity contribution is 6.00. The Morgan fingerprint density at radius 1 is 1.09 bits per heavy atom. The number of aromatic nitrogens is 2. The number of rotatable bonds is 8. The molecule has 1 saturated heterocycles. The van der Waals surface area contributed by atoms with Crippen LogP contribution in [0.5, 0.6) is 5.75 Å². The van der Waals surface area contributed by atoms with Crippen molar-refractivity contribution in [2.75, 3.05) is 46.0 Å². The van der Waals surface area contributed by atoms with E-state index in [0.29, 0.717) is 18.8 Å². The summed E-state index contributed by atoms with van der Waals surface area (Å²) in [5, 5.41) is 7.60. The molecule has 7 heteroatoms. The van der Waals surface area contributed by atoms with Gasteiger partial charge in [0.05, 0.1) is 31.6 Å². The molecule has 3 aromatic rings. The summed E-state index contributed by atoms with van der Waals surface area (Å²) in [6.45, 7) is 7.68. The van der Waals surface area contributed by atoms with Crippen molar-refractivity contribution in [3.8, 4) is 17.0 Å². The number of nitrogens with zero attached hydrogens (tertiary/aromatic N) is 3. The molecule has 2 aliphatic rings. The Labute approximate surface area is 194 Å². The van der Waals surface area contributed by atoms with Crippen molar-refractivity contribution in [3.63, 3.8) is 0 Å². The highest BCUT2D eigenvalue weighted by atomic mass is 16.5. The number of ether oxygens (including phenoxy) is 2. The van der Waals surface area contributed by atoms with Crippen LogP contribution < -0.4 is 4.74 Å². The summed E-state index contributed by atoms with van der Waals surface area (Å²) < 4.78 is 11.2. The smallest absolute Gasteiger partial charge is 0.273 e. The Balaban J connectivity index is 1.47. The van der Waals surface area contributed by atoms with Crippen molar-refractivity contribution in [3.05, 3.63) is 71.4 Å². The van der Waals surface area contributed by atoms with Gasteiger partial charge in [-0.05, 0) is 31.0 Å². The van der Waals surface area contributed by atoms with Crippen LogP contribution in [0.4, 0.5) is 0 Å². The van der Waals surface area contributed by atoms with Gasteiger partial charge in [0.15, 0.2) is 0 Å². The van der Waals surface area contributed by atoms with Gasteiger partial charge in [0.2, 0.25) is 0 Å². The maximum atomic E-state index is 13.5. The fourth-order valence-electron chi connectivity index (χ4n) is 4.82. The second kappa shape index (κ2) is 9.77. The van der Waals surface area contributed by atoms with E-state index in [1.54, 1.807) is 0 Å². The van der Waals surface area contributed by atoms with Crippen molar-refractivity contribution in [1.82, 2.24) is 20.0 Å². The zero-order valence-corrected chi connectivity index (χ0v) is 19.0. The van der Waals surface area contributed by atoms with Gasteiger partial charge in [-0.25, -0.2) is 0 Å². The Morgan fingerprint density at radius 3 is 2.70 bits per heavy atom. The van der Waals surface area contributed by atoms with E-state index in [1.807, 2.05) is 60.4 Å². The van der Waals surface area contributed by atoms with Crippen LogP contribution in [0.25, 0.3) is 11.3 Å². The molecule has 0 radical (unpaired) electrons. The molecule has 1 N–H and O–H groups in total. The summed E-state index contributed by atoms with van der Waals surface area (Å²) in [5.74, 6) is 0.822. The first-order valence-corrected chi connectivity index (χ1v) is 11.7. The van der Waals surface area contributed by atoms with Gasteiger partial charge in [0, 0.05) is 37.3 Å². The second-order valence-electron chi connectivity index (χ2n) is 8.44. The molecule has 0 aliphatic carbocycles. The van der Waals surface area contributed by atoms with E-state index in [0.717, 1.165) is 67.4 Å². The molecule has 33 heavy (non-hydrogen) atoms. The van der Waals surface area contributed by atoms with Gasteiger partial charge in [-0.15, -0.1) is 0 Å². The molecule has 0 saturated carbocycles. The number of hydrogen-bond donors (Lipinski definition) is 1. The third-order valence-electron chi connectivity index (χ3n) is 6.37. The van der Waals surface area contributed by atoms with Crippen LogP contribution >= 0.6 is 0 Å². The van der Waals surface area contributed by atoms with Crippen LogP contribution in [0.2, 0.25) is 0 Å². The van der Waals surface area contributed by atoms with Crippen molar-refractivity contribution in [2.45, 2.75) is 19.4 Å². The lowest BCUT2D eigenvalue weighted by Gasteiger charge is -2.30. The van der Waals surface area contributed by atoms with Crippen molar-refractivity contribution < 1.29 is 14.3 Å². The third kappa shape index (κ3) is 4.38. The average molecular weight is 447 g/mol. The summed E-state index contributed by atoms with van der Waals surface area (Å²) in [6, 6.07) is 17.9. The van der Waals surface area contributed by atoms with Gasteiger partial charge in [0.1, 0.15) is 11.4 Å². The lowest BCUT2D eigenvalue weighted by atomic mass is 9.96. The van der Waals surface area contributed by atoms with Gasteiger partial charge in [-0.1, -0.05) is 42.5 Å². The van der Waals surface area contributed by atoms with E-state index in [1.165, 1.54) is 0 Å². The minimum atomic E-state index is -0.202. The zero-order chi connectivity index (χ0) is 22.6. The fourth-order valence-corrected chi connectivity index (χ4v) is 4.82. The van der Waals surface area contributed by atoms with Crippen LogP contribution in [0, 0.1) is 0 Å². The topological polar surface area (TPSA) is 70.7 Å². The third-order valence-corrected chi connectivity index (χ3v) is 6.37. The van der Waals surface area contributed by atoms with E-state index in [2.05, 4.69) is 21.2 Å². The van der Waals surface area contributed by atoms with Crippen LogP contribution in [-0.2, 0) is 4.74 Å². The van der Waals surface area contributed by atoms with Crippen LogP contribution in [0.1, 0.15) is 41.0 Å². The number of aromatic amines is 1. The number of morpholine rings is 1. The number of amides is 1. The van der Waals surface area contributed by atoms with E-state index in [-0.39, 0.29) is 11.9 Å². The monoisotopic (exact) mass is 446 g/mol. The Kier molecular flexibility index (Phi) is 6.41. The van der Waals surface area contributed by atoms with Gasteiger partial charge in [-0.2, -0.15) is 5.10 Å². The molecule has 2 aromatic carbocycles. The standard InChI is InChI=1S/C26H30N4O3/c1-2-33-21-11-6-10-20(18-21)25-22-23(19-8-4-3-5-9-19)27-28-24(22)26(31)30(25)13-7-12-29-14-16-32-17-15-29/h3-6,8-11,18,25H,2,7,12-17H2,1H3,(H,27,28). The lowest BCUT2D eigenvalue weighted by Crippen LogP contribution is -2.38. The first-order chi connectivity index (χ1) is 16.3. The number of fused-ring (bicyclic) bond motifs is 1. The first kappa shape index (κ1) is 21.7. The molecule has 1 fully saturated rings. The summed E-state index contributed by atoms with van der Waals surface area (Å²) in [7, 11) is 0. The minimum Gasteiger partial charge on any atom is -0.494 e. The van der Waals surface area contributed by atoms with Crippen LogP contribution in [-0.4, -0.2) is 71.9 Å². The zero-order valence-electron chi connectivity index (χ0n) is 19.0. The summed E-state index contributed by atoms with van der Waals surface area (Å²) in [6.07, 6.45) is 0.908. The SMILES string of the molecule is CCOc1cccc(C2c3c(-c4ccccc4)n[nH]c3C(=O)N2CCCN2CCOCC2)c1. The number of carbonyl (C=O) groups is 1. The van der Waals surface area contributed by atoms with E-state index in [9.17, 15) is 4.79 Å². The molecular weight excluding hydrogens is 416 g/mol. The highest BCUT2D eigenvalue weighted by Crippen LogP contribution is 2.43. The predicted molar refractivity (Wildman–Crippen MR) is 126 cm³/mol. The van der Waals surface area contributed by atoms with Crippen molar-refractivity contribution >= 4 is 5.91 Å². The molecular formula is C26H30N4O3. The number of benzene rings is 2. The average Bonchev–Trinajstić information content (AvgIpc) is 3.40. The molecule has 2 aliphatic heterocycles. The van der Waals surface area contributed by atoms with Crippen LogP contribution in [0.15, 0.2) is 54.6 Å². The first-order valence-electron chi connectivity index (χ1n) is 11.7. The summed E-state index contributed by atoms with van der Waals surface area (Å²) >= 11 is 0. The molecule has 3 heterocycles. The Hall–Kier alpha value is -3.16. The summed E-state index contributed by atoms with van der Waals surface area (Å²) in [4.78, 5) is 17.9. The number of carbonyl (C=O) groups excluding carboxylic acids is 1. The predicted octanol–water partition coefficient (Wildman–Crippen LogP) is 3.74. The maximum Gasteiger partial charge on any atom is 0.273 e. The molecule has 0 spiro atoms. The molecule has 5 rings (SSSR count). The van der Waals surface area contributed by atoms with Gasteiger partial charge in [0.25, 0.3) is 5.91 Å². The van der Waals surface area contributed by atoms with Crippen molar-refractivity contribution in [1.29, 1.82) is 0 Å². The maximum absolute atomic E-state index is 13.5. The van der Waals surface area contributed by atoms with E-state index >= 15 is 0 Å². The molecule has 172 valence electrons. The largest absolute Gasteiger partial charge is 0.494 e. The fraction of sp³-hybridized carbons (Fsp3) is 0.385. The molecule has 7 nitrogen and oxygen atoms in total. The Bertz CT molecular complexity index is 1090. The summed E-state index contributed by atoms with van der Waals surface area (Å²) in [5.41, 5.74) is 4.42. The lowest BCUT2D eigenvalue weighted by molar-refractivity contribution is 0.0354. The number of nitrogens with one attached hydrogen (secondary N) is 1. The van der Waals surface area contributed by atoms with Crippen molar-refractivity contribution in [2.24, 2.45) is 0 Å². The normalized spacial score (nSPS) is 18.5. The van der Waals surface area contributed by atoms with Crippen LogP contribution in [0.3, 0.4) is 0 Å². The van der Waals surface area contributed by atoms with E-state index in [4.69, 9.17) is 9.47 Å². The molecule has 1 amide bonds. The van der Waals surface area contributed by atoms with Gasteiger partial charge >= 0.3 is 0 Å². The second-order valence-corrected chi connectivity index (χ2v) is 8.44. The van der Waals surface area contributed by atoms with Gasteiger partial charge < -0.3 is 14.4 Å². The highest BCUT2D eigenvalue weighted by Gasteiger charge is 2.42. The van der Waals surface area contributed by atoms with E-state index < -0.39 is 0 Å². The molecule has 1 atom stereocenters. The molecule has 1 unspecified atom stereocenters. The molecule has 0 bridgehead atoms. The van der Waals surface area contributed by atoms with Gasteiger partial charge in [-0.3, -0.25) is 14.8 Å². The minimum absolute atomic E-state index is 0.00784. The number of hydrogen-bond acceptors (Lipinski definition) is 5. The molecule has 1 aromatic heterocycles. The quantitative estimate of drug-likeness (QED) is 0.571. The Morgan fingerprint density at radius 2 is 1.91 bits per heavy atom.